The molecule has 4 nitrogen and oxygen atoms in total. The minimum atomic E-state index is -0.503. The van der Waals surface area contributed by atoms with E-state index in [1.165, 1.54) is 18.2 Å². The van der Waals surface area contributed by atoms with Crippen LogP contribution >= 0.6 is 0 Å². The van der Waals surface area contributed by atoms with Crippen LogP contribution in [0.15, 0.2) is 28.8 Å². The van der Waals surface area contributed by atoms with Crippen LogP contribution in [-0.4, -0.2) is 29.1 Å². The smallest absolute Gasteiger partial charge is 0.276 e. The second kappa shape index (κ2) is 7.11. The lowest BCUT2D eigenvalue weighted by atomic mass is 9.91. The van der Waals surface area contributed by atoms with Gasteiger partial charge in [0.15, 0.2) is 5.69 Å². The van der Waals surface area contributed by atoms with Crippen LogP contribution in [0.1, 0.15) is 41.1 Å². The van der Waals surface area contributed by atoms with E-state index < -0.39 is 11.6 Å². The molecule has 1 aliphatic rings. The summed E-state index contributed by atoms with van der Waals surface area (Å²) < 4.78 is 32.4. The number of halogens is 2. The number of likely N-dealkylation sites (tertiary alicyclic amines) is 1. The molecule has 0 bridgehead atoms. The van der Waals surface area contributed by atoms with Gasteiger partial charge in [-0.3, -0.25) is 4.79 Å². The maximum Gasteiger partial charge on any atom is 0.276 e. The molecular formula is C18H20F2N2O2. The Morgan fingerprint density at radius 2 is 2.12 bits per heavy atom. The largest absolute Gasteiger partial charge is 0.361 e. The van der Waals surface area contributed by atoms with E-state index in [-0.39, 0.29) is 17.4 Å². The van der Waals surface area contributed by atoms with Gasteiger partial charge in [-0.1, -0.05) is 11.2 Å². The number of hydrogen-bond donors (Lipinski definition) is 0. The lowest BCUT2D eigenvalue weighted by molar-refractivity contribution is 0.0657. The van der Waals surface area contributed by atoms with Crippen LogP contribution in [0.4, 0.5) is 8.78 Å². The molecule has 0 radical (unpaired) electrons. The fraction of sp³-hybridized carbons (Fsp3) is 0.444. The van der Waals surface area contributed by atoms with E-state index in [0.717, 1.165) is 12.8 Å². The molecule has 24 heavy (non-hydrogen) atoms. The SMILES string of the molecule is Cc1cc(C(=O)N2CCC[C@@H](CCc3c(F)cccc3F)C2)no1. The maximum atomic E-state index is 13.7. The Labute approximate surface area is 139 Å². The van der Waals surface area contributed by atoms with E-state index in [9.17, 15) is 13.6 Å². The predicted molar refractivity (Wildman–Crippen MR) is 84.5 cm³/mol. The van der Waals surface area contributed by atoms with Gasteiger partial charge in [0.25, 0.3) is 5.91 Å². The summed E-state index contributed by atoms with van der Waals surface area (Å²) in [5.41, 5.74) is 0.446. The van der Waals surface area contributed by atoms with Crippen molar-refractivity contribution in [3.63, 3.8) is 0 Å². The Balaban J connectivity index is 1.60. The lowest BCUT2D eigenvalue weighted by Gasteiger charge is -2.32. The van der Waals surface area contributed by atoms with Crippen LogP contribution < -0.4 is 0 Å². The molecule has 2 aromatic rings. The first-order valence-electron chi connectivity index (χ1n) is 8.20. The molecular weight excluding hydrogens is 314 g/mol. The molecule has 0 unspecified atom stereocenters. The van der Waals surface area contributed by atoms with Gasteiger partial charge in [0.2, 0.25) is 0 Å². The van der Waals surface area contributed by atoms with Crippen LogP contribution in [0.25, 0.3) is 0 Å². The molecule has 128 valence electrons. The van der Waals surface area contributed by atoms with Crippen molar-refractivity contribution in [3.05, 3.63) is 52.9 Å². The first-order chi connectivity index (χ1) is 11.5. The normalized spacial score (nSPS) is 18.0. The van der Waals surface area contributed by atoms with Crippen molar-refractivity contribution < 1.29 is 18.1 Å². The maximum absolute atomic E-state index is 13.7. The summed E-state index contributed by atoms with van der Waals surface area (Å²) in [6.45, 7) is 3.00. The van der Waals surface area contributed by atoms with Crippen molar-refractivity contribution >= 4 is 5.91 Å². The van der Waals surface area contributed by atoms with Crippen LogP contribution in [0.5, 0.6) is 0 Å². The van der Waals surface area contributed by atoms with Crippen molar-refractivity contribution in [1.82, 2.24) is 10.1 Å². The lowest BCUT2D eigenvalue weighted by Crippen LogP contribution is -2.40. The third-order valence-electron chi connectivity index (χ3n) is 4.52. The fourth-order valence-corrected chi connectivity index (χ4v) is 3.23. The fourth-order valence-electron chi connectivity index (χ4n) is 3.23. The summed E-state index contributed by atoms with van der Waals surface area (Å²) in [7, 11) is 0. The van der Waals surface area contributed by atoms with Crippen molar-refractivity contribution in [2.24, 2.45) is 5.92 Å². The van der Waals surface area contributed by atoms with E-state index in [0.29, 0.717) is 37.4 Å². The molecule has 1 aromatic carbocycles. The quantitative estimate of drug-likeness (QED) is 0.855. The number of amides is 1. The highest BCUT2D eigenvalue weighted by Crippen LogP contribution is 2.24. The van der Waals surface area contributed by atoms with Crippen molar-refractivity contribution in [2.45, 2.75) is 32.6 Å². The molecule has 1 aromatic heterocycles. The third-order valence-corrected chi connectivity index (χ3v) is 4.52. The van der Waals surface area contributed by atoms with Crippen molar-refractivity contribution in [2.75, 3.05) is 13.1 Å². The highest BCUT2D eigenvalue weighted by atomic mass is 19.1. The zero-order chi connectivity index (χ0) is 17.1. The summed E-state index contributed by atoms with van der Waals surface area (Å²) in [5, 5.41) is 3.77. The summed E-state index contributed by atoms with van der Waals surface area (Å²) in [4.78, 5) is 14.2. The molecule has 1 atom stereocenters. The second-order valence-electron chi connectivity index (χ2n) is 6.32. The van der Waals surface area contributed by atoms with E-state index in [1.54, 1.807) is 17.9 Å². The number of hydrogen-bond acceptors (Lipinski definition) is 3. The predicted octanol–water partition coefficient (Wildman–Crippen LogP) is 3.75. The van der Waals surface area contributed by atoms with E-state index >= 15 is 0 Å². The minimum absolute atomic E-state index is 0.132. The molecule has 0 spiro atoms. The van der Waals surface area contributed by atoms with Gasteiger partial charge >= 0.3 is 0 Å². The zero-order valence-electron chi connectivity index (χ0n) is 13.6. The number of carbonyl (C=O) groups is 1. The molecule has 6 heteroatoms. The number of carbonyl (C=O) groups excluding carboxylic acids is 1. The van der Waals surface area contributed by atoms with Gasteiger partial charge in [0, 0.05) is 24.7 Å². The zero-order valence-corrected chi connectivity index (χ0v) is 13.6. The molecule has 1 aliphatic heterocycles. The number of aryl methyl sites for hydroxylation is 1. The van der Waals surface area contributed by atoms with Gasteiger partial charge in [-0.2, -0.15) is 0 Å². The van der Waals surface area contributed by atoms with Crippen LogP contribution in [-0.2, 0) is 6.42 Å². The standard InChI is InChI=1S/C18H20F2N2O2/c1-12-10-17(21-24-12)18(23)22-9-3-4-13(11-22)7-8-14-15(19)5-2-6-16(14)20/h2,5-6,10,13H,3-4,7-9,11H2,1H3/t13-/m0/s1. The van der Waals surface area contributed by atoms with E-state index in [1.807, 2.05) is 0 Å². The highest BCUT2D eigenvalue weighted by Gasteiger charge is 2.26. The summed E-state index contributed by atoms with van der Waals surface area (Å²) >= 11 is 0. The summed E-state index contributed by atoms with van der Waals surface area (Å²) in [6.07, 6.45) is 2.83. The van der Waals surface area contributed by atoms with Gasteiger partial charge in [0.05, 0.1) is 0 Å². The topological polar surface area (TPSA) is 46.3 Å². The summed E-state index contributed by atoms with van der Waals surface area (Å²) in [6, 6.07) is 5.56. The molecule has 0 aliphatic carbocycles. The first kappa shape index (κ1) is 16.6. The Morgan fingerprint density at radius 1 is 1.38 bits per heavy atom. The number of piperidine rings is 1. The molecule has 3 rings (SSSR count). The molecule has 1 amide bonds. The van der Waals surface area contributed by atoms with Gasteiger partial charge < -0.3 is 9.42 Å². The Kier molecular flexibility index (Phi) is 4.92. The molecule has 2 heterocycles. The number of nitrogens with zero attached hydrogens (tertiary/aromatic N) is 2. The van der Waals surface area contributed by atoms with Gasteiger partial charge in [-0.25, -0.2) is 8.78 Å². The number of benzene rings is 1. The van der Waals surface area contributed by atoms with Crippen LogP contribution in [0, 0.1) is 24.5 Å². The highest BCUT2D eigenvalue weighted by molar-refractivity contribution is 5.92. The number of rotatable bonds is 4. The monoisotopic (exact) mass is 334 g/mol. The third kappa shape index (κ3) is 3.63. The van der Waals surface area contributed by atoms with E-state index in [4.69, 9.17) is 4.52 Å². The van der Waals surface area contributed by atoms with E-state index in [2.05, 4.69) is 5.16 Å². The average molecular weight is 334 g/mol. The van der Waals surface area contributed by atoms with Crippen molar-refractivity contribution in [1.29, 1.82) is 0 Å². The first-order valence-corrected chi connectivity index (χ1v) is 8.20. The van der Waals surface area contributed by atoms with Crippen LogP contribution in [0.2, 0.25) is 0 Å². The average Bonchev–Trinajstić information content (AvgIpc) is 3.00. The molecule has 1 saturated heterocycles. The number of aromatic nitrogens is 1. The Morgan fingerprint density at radius 3 is 2.79 bits per heavy atom. The van der Waals surface area contributed by atoms with Gasteiger partial charge in [-0.05, 0) is 50.7 Å². The Hall–Kier alpha value is -2.24. The van der Waals surface area contributed by atoms with Gasteiger partial charge in [0.1, 0.15) is 17.4 Å². The molecule has 1 fully saturated rings. The summed E-state index contributed by atoms with van der Waals surface area (Å²) in [5.74, 6) is -0.320. The van der Waals surface area contributed by atoms with Crippen molar-refractivity contribution in [3.8, 4) is 0 Å². The second-order valence-corrected chi connectivity index (χ2v) is 6.32. The molecule has 0 saturated carbocycles. The Bertz CT molecular complexity index is 709. The molecule has 0 N–H and O–H groups in total. The minimum Gasteiger partial charge on any atom is -0.361 e. The van der Waals surface area contributed by atoms with Crippen LogP contribution in [0.3, 0.4) is 0 Å². The van der Waals surface area contributed by atoms with Gasteiger partial charge in [-0.15, -0.1) is 0 Å².